The second kappa shape index (κ2) is 31.3. The number of amides is 1. The van der Waals surface area contributed by atoms with Gasteiger partial charge in [-0.3, -0.25) is 19.2 Å². The molecule has 2 bridgehead atoms. The topological polar surface area (TPSA) is 201 Å². The average Bonchev–Trinajstić information content (AvgIpc) is 3.39. The van der Waals surface area contributed by atoms with Gasteiger partial charge in [-0.15, -0.1) is 0 Å². The fourth-order valence-electron chi connectivity index (χ4n) is 11.5. The highest BCUT2D eigenvalue weighted by Crippen LogP contribution is 2.38. The minimum Gasteiger partial charge on any atom is -0.460 e. The second-order valence-corrected chi connectivity index (χ2v) is 22.3. The van der Waals surface area contributed by atoms with Gasteiger partial charge in [-0.05, 0) is 107 Å². The molecule has 17 nitrogen and oxygen atoms in total. The van der Waals surface area contributed by atoms with Crippen LogP contribution in [0, 0.1) is 35.5 Å². The van der Waals surface area contributed by atoms with Crippen molar-refractivity contribution in [2.24, 2.45) is 35.5 Å². The number of ketones is 3. The Morgan fingerprint density at radius 3 is 2.17 bits per heavy atom. The molecule has 4 fully saturated rings. The van der Waals surface area contributed by atoms with Crippen molar-refractivity contribution < 1.29 is 76.4 Å². The second-order valence-electron chi connectivity index (χ2n) is 22.3. The predicted molar refractivity (Wildman–Crippen MR) is 285 cm³/mol. The van der Waals surface area contributed by atoms with Gasteiger partial charge in [-0.25, -0.2) is 4.79 Å². The smallest absolute Gasteiger partial charge is 0.329 e. The zero-order valence-corrected chi connectivity index (χ0v) is 47.6. The number of hydrogen-bond acceptors (Lipinski definition) is 16. The molecule has 0 aromatic carbocycles. The van der Waals surface area contributed by atoms with E-state index in [9.17, 15) is 29.1 Å². The molecule has 5 rings (SSSR count). The van der Waals surface area contributed by atoms with E-state index in [1.54, 1.807) is 34.1 Å². The number of methoxy groups -OCH3 is 4. The van der Waals surface area contributed by atoms with Gasteiger partial charge >= 0.3 is 5.97 Å². The van der Waals surface area contributed by atoms with E-state index >= 15 is 0 Å². The summed E-state index contributed by atoms with van der Waals surface area (Å²) in [6.45, 7) is 15.9. The SMILES string of the molecule is COCCO[C@@H]1CC[C@@H](C[C@@H](C)[C@@H]2CC(=O)[C@H](C)C=C(C)[C@@H](OC)[C@@H](OC)C(=O)[C@H](C)C[C@H](C)C=CC=CC=C(C)[C@H](OCCOC3COC3)C[C@@H]3CC[C@@H](C)[C@@](O)(O3)C(=O)C(=O)N3CCCC[C@H]3C(=O)O2)C[C@H]1OC. The molecule has 0 aromatic rings. The van der Waals surface area contributed by atoms with E-state index in [4.69, 9.17) is 47.4 Å². The van der Waals surface area contributed by atoms with Crippen LogP contribution in [0.5, 0.6) is 0 Å². The molecule has 17 heteroatoms. The molecular weight excluding hydrogens is 979 g/mol. The van der Waals surface area contributed by atoms with Crippen LogP contribution in [0.25, 0.3) is 0 Å². The molecule has 430 valence electrons. The molecule has 5 aliphatic rings. The van der Waals surface area contributed by atoms with Crippen LogP contribution < -0.4 is 0 Å². The monoisotopic (exact) mass is 1070 g/mol. The Labute approximate surface area is 453 Å². The molecule has 1 N–H and O–H groups in total. The Balaban J connectivity index is 1.47. The van der Waals surface area contributed by atoms with Gasteiger partial charge in [0.1, 0.15) is 36.2 Å². The van der Waals surface area contributed by atoms with Gasteiger partial charge in [0.2, 0.25) is 5.79 Å². The number of carbonyl (C=O) groups excluding carboxylic acids is 5. The van der Waals surface area contributed by atoms with E-state index < -0.39 is 71.8 Å². The number of carbonyl (C=O) groups is 5. The van der Waals surface area contributed by atoms with Gasteiger partial charge in [-0.1, -0.05) is 71.1 Å². The average molecular weight is 1070 g/mol. The third kappa shape index (κ3) is 17.8. The molecule has 0 spiro atoms. The molecule has 0 aromatic heterocycles. The molecule has 1 aliphatic carbocycles. The van der Waals surface area contributed by atoms with E-state index in [0.717, 1.165) is 18.4 Å². The van der Waals surface area contributed by atoms with Crippen molar-refractivity contribution in [1.29, 1.82) is 0 Å². The van der Waals surface area contributed by atoms with E-state index in [1.165, 1.54) is 19.1 Å². The molecule has 1 saturated carbocycles. The fourth-order valence-corrected chi connectivity index (χ4v) is 11.5. The number of rotatable bonds is 15. The quantitative estimate of drug-likeness (QED) is 0.0741. The summed E-state index contributed by atoms with van der Waals surface area (Å²) < 4.78 is 59.2. The number of esters is 1. The summed E-state index contributed by atoms with van der Waals surface area (Å²) in [6.07, 6.45) is 13.5. The van der Waals surface area contributed by atoms with Gasteiger partial charge in [0.05, 0.1) is 64.1 Å². The van der Waals surface area contributed by atoms with Crippen LogP contribution in [0.4, 0.5) is 0 Å². The molecule has 4 heterocycles. The van der Waals surface area contributed by atoms with Crippen LogP contribution in [0.2, 0.25) is 0 Å². The highest BCUT2D eigenvalue weighted by atomic mass is 16.6. The zero-order chi connectivity index (χ0) is 55.5. The summed E-state index contributed by atoms with van der Waals surface area (Å²) in [5, 5.41) is 12.2. The van der Waals surface area contributed by atoms with E-state index in [-0.39, 0.29) is 86.0 Å². The van der Waals surface area contributed by atoms with E-state index in [2.05, 4.69) is 6.92 Å². The molecule has 76 heavy (non-hydrogen) atoms. The minimum atomic E-state index is -2.46. The Kier molecular flexibility index (Phi) is 26.1. The fraction of sp³-hybridized carbons (Fsp3) is 0.780. The molecular formula is C59H93NO16. The first kappa shape index (κ1) is 63.3. The van der Waals surface area contributed by atoms with Gasteiger partial charge in [0.25, 0.3) is 11.7 Å². The van der Waals surface area contributed by atoms with E-state index in [0.29, 0.717) is 83.6 Å². The van der Waals surface area contributed by atoms with Gasteiger partial charge in [0.15, 0.2) is 5.78 Å². The number of aliphatic hydroxyl groups is 1. The molecule has 4 aliphatic heterocycles. The van der Waals surface area contributed by atoms with Crippen LogP contribution >= 0.6 is 0 Å². The summed E-state index contributed by atoms with van der Waals surface area (Å²) >= 11 is 0. The molecule has 3 saturated heterocycles. The van der Waals surface area contributed by atoms with Crippen LogP contribution in [0.1, 0.15) is 126 Å². The Morgan fingerprint density at radius 2 is 1.49 bits per heavy atom. The van der Waals surface area contributed by atoms with Crippen molar-refractivity contribution in [2.75, 3.05) is 74.6 Å². The summed E-state index contributed by atoms with van der Waals surface area (Å²) in [4.78, 5) is 73.5. The van der Waals surface area contributed by atoms with Crippen molar-refractivity contribution in [2.45, 2.75) is 186 Å². The van der Waals surface area contributed by atoms with E-state index in [1.807, 2.05) is 58.1 Å². The lowest BCUT2D eigenvalue weighted by atomic mass is 9.78. The molecule has 15 atom stereocenters. The normalized spacial score (nSPS) is 35.2. The Hall–Kier alpha value is -3.49. The van der Waals surface area contributed by atoms with Crippen molar-refractivity contribution >= 4 is 29.2 Å². The van der Waals surface area contributed by atoms with Crippen LogP contribution in [-0.4, -0.2) is 175 Å². The lowest BCUT2D eigenvalue weighted by Crippen LogP contribution is -2.61. The number of fused-ring (bicyclic) bond motifs is 3. The minimum absolute atomic E-state index is 0.0240. The number of piperidine rings is 1. The lowest BCUT2D eigenvalue weighted by Gasteiger charge is -2.43. The third-order valence-corrected chi connectivity index (χ3v) is 16.4. The third-order valence-electron chi connectivity index (χ3n) is 16.4. The summed E-state index contributed by atoms with van der Waals surface area (Å²) in [7, 11) is 6.31. The van der Waals surface area contributed by atoms with Crippen LogP contribution in [-0.2, 0) is 71.3 Å². The van der Waals surface area contributed by atoms with Crippen molar-refractivity contribution in [3.63, 3.8) is 0 Å². The van der Waals surface area contributed by atoms with Crippen LogP contribution in [0.15, 0.2) is 47.6 Å². The number of hydrogen-bond donors (Lipinski definition) is 1. The largest absolute Gasteiger partial charge is 0.460 e. The standard InChI is InChI=1S/C59H93NO16/c1-37-17-13-12-14-18-38(2)50(74-28-27-72-46-35-71-36-46)33-45-22-20-43(7)59(66,76-45)56(63)57(64)60-24-16-15-19-47(60)58(65)75-51(40(4)31-44-21-23-49(52(32-44)68-9)73-26-25-67-8)34-48(61)39(3)30-42(6)54(69-10)55(70-11)53(62)41(5)29-37/h12-14,17-18,30,37,39-41,43-47,49-52,54-55,66H,15-16,19-29,31-36H2,1-11H3/t37-,39-,40-,41-,43-,44+,45+,47+,49-,50-,51+,52-,54-,55+,59-/m1/s1. The predicted octanol–water partition coefficient (Wildman–Crippen LogP) is 7.29. The highest BCUT2D eigenvalue weighted by Gasteiger charge is 2.53. The maximum atomic E-state index is 14.7. The number of cyclic esters (lactones) is 1. The number of allylic oxidation sites excluding steroid dienone is 6. The maximum absolute atomic E-state index is 14.7. The highest BCUT2D eigenvalue weighted by molar-refractivity contribution is 6.39. The molecule has 0 unspecified atom stereocenters. The summed E-state index contributed by atoms with van der Waals surface area (Å²) in [5.41, 5.74) is 1.52. The first-order valence-electron chi connectivity index (χ1n) is 28.1. The Bertz CT molecular complexity index is 2000. The maximum Gasteiger partial charge on any atom is 0.329 e. The lowest BCUT2D eigenvalue weighted by molar-refractivity contribution is -0.266. The molecule has 0 radical (unpaired) electrons. The first-order chi connectivity index (χ1) is 36.3. The van der Waals surface area contributed by atoms with Gasteiger partial charge < -0.3 is 57.4 Å². The number of Topliss-reactive ketones (excluding diaryl/α,β-unsaturated/α-hetero) is 3. The number of ether oxygens (including phenoxy) is 10. The first-order valence-corrected chi connectivity index (χ1v) is 28.1. The van der Waals surface area contributed by atoms with Crippen molar-refractivity contribution in [3.05, 3.63) is 47.6 Å². The van der Waals surface area contributed by atoms with Crippen molar-refractivity contribution in [3.8, 4) is 0 Å². The van der Waals surface area contributed by atoms with Gasteiger partial charge in [-0.2, -0.15) is 0 Å². The zero-order valence-electron chi connectivity index (χ0n) is 47.6. The van der Waals surface area contributed by atoms with Crippen molar-refractivity contribution in [1.82, 2.24) is 4.90 Å². The van der Waals surface area contributed by atoms with Gasteiger partial charge in [0, 0.05) is 65.6 Å². The Morgan fingerprint density at radius 1 is 0.763 bits per heavy atom. The molecule has 1 amide bonds. The van der Waals surface area contributed by atoms with Crippen LogP contribution in [0.3, 0.4) is 0 Å². The summed E-state index contributed by atoms with van der Waals surface area (Å²) in [6, 6.07) is -1.14. The number of nitrogens with zero attached hydrogens (tertiary/aromatic N) is 1. The summed E-state index contributed by atoms with van der Waals surface area (Å²) in [5.74, 6) is -7.52.